The summed E-state index contributed by atoms with van der Waals surface area (Å²) in [5.74, 6) is 0.508. The quantitative estimate of drug-likeness (QED) is 0.847. The zero-order valence-corrected chi connectivity index (χ0v) is 11.3. The maximum atomic E-state index is 6.12. The summed E-state index contributed by atoms with van der Waals surface area (Å²) in [6, 6.07) is 18.5. The molecule has 0 bridgehead atoms. The van der Waals surface area contributed by atoms with Gasteiger partial charge in [-0.2, -0.15) is 0 Å². The minimum absolute atomic E-state index is 0.508. The SMILES string of the molecule is C[C@@H](CNCc1ccccc1Cl)c1ccccc1. The lowest BCUT2D eigenvalue weighted by molar-refractivity contribution is 0.615. The first-order valence-electron chi connectivity index (χ1n) is 6.26. The Bertz CT molecular complexity index is 481. The zero-order chi connectivity index (χ0) is 12.8. The standard InChI is InChI=1S/C16H18ClN/c1-13(14-7-3-2-4-8-14)11-18-12-15-9-5-6-10-16(15)17/h2-10,13,18H,11-12H2,1H3/t13-/m0/s1. The van der Waals surface area contributed by atoms with Crippen LogP contribution in [0.1, 0.15) is 24.0 Å². The van der Waals surface area contributed by atoms with Gasteiger partial charge in [0.2, 0.25) is 0 Å². The monoisotopic (exact) mass is 259 g/mol. The molecule has 0 aliphatic heterocycles. The third-order valence-corrected chi connectivity index (χ3v) is 3.46. The molecule has 0 aromatic heterocycles. The maximum absolute atomic E-state index is 6.12. The van der Waals surface area contributed by atoms with E-state index in [2.05, 4.69) is 42.6 Å². The fraction of sp³-hybridized carbons (Fsp3) is 0.250. The molecule has 0 spiro atoms. The molecule has 1 N–H and O–H groups in total. The molecule has 0 aliphatic rings. The van der Waals surface area contributed by atoms with Gasteiger partial charge in [0.1, 0.15) is 0 Å². The van der Waals surface area contributed by atoms with Gasteiger partial charge in [-0.15, -0.1) is 0 Å². The molecule has 2 aromatic rings. The van der Waals surface area contributed by atoms with E-state index in [4.69, 9.17) is 11.6 Å². The molecule has 1 nitrogen and oxygen atoms in total. The molecule has 1 atom stereocenters. The van der Waals surface area contributed by atoms with Crippen molar-refractivity contribution in [3.8, 4) is 0 Å². The fourth-order valence-electron chi connectivity index (χ4n) is 1.96. The molecule has 0 heterocycles. The van der Waals surface area contributed by atoms with Crippen LogP contribution in [-0.2, 0) is 6.54 Å². The van der Waals surface area contributed by atoms with Gasteiger partial charge in [-0.1, -0.05) is 67.1 Å². The Balaban J connectivity index is 1.84. The normalized spacial score (nSPS) is 12.3. The van der Waals surface area contributed by atoms with Crippen molar-refractivity contribution in [3.05, 3.63) is 70.7 Å². The van der Waals surface area contributed by atoms with Crippen LogP contribution in [0.4, 0.5) is 0 Å². The van der Waals surface area contributed by atoms with Crippen LogP contribution in [0.2, 0.25) is 5.02 Å². The van der Waals surface area contributed by atoms with Crippen LogP contribution in [0.5, 0.6) is 0 Å². The van der Waals surface area contributed by atoms with E-state index in [1.54, 1.807) is 0 Å². The van der Waals surface area contributed by atoms with Crippen LogP contribution in [0.3, 0.4) is 0 Å². The number of rotatable bonds is 5. The van der Waals surface area contributed by atoms with Crippen LogP contribution < -0.4 is 5.32 Å². The second kappa shape index (κ2) is 6.58. The van der Waals surface area contributed by atoms with E-state index in [-0.39, 0.29) is 0 Å². The van der Waals surface area contributed by atoms with Gasteiger partial charge in [0.05, 0.1) is 0 Å². The zero-order valence-electron chi connectivity index (χ0n) is 10.6. The average Bonchev–Trinajstić information content (AvgIpc) is 2.42. The molecule has 0 saturated heterocycles. The highest BCUT2D eigenvalue weighted by atomic mass is 35.5. The largest absolute Gasteiger partial charge is 0.312 e. The van der Waals surface area contributed by atoms with Crippen molar-refractivity contribution >= 4 is 11.6 Å². The van der Waals surface area contributed by atoms with Gasteiger partial charge < -0.3 is 5.32 Å². The average molecular weight is 260 g/mol. The Labute approximate surface area is 114 Å². The van der Waals surface area contributed by atoms with Gasteiger partial charge in [-0.3, -0.25) is 0 Å². The van der Waals surface area contributed by atoms with E-state index in [0.29, 0.717) is 5.92 Å². The summed E-state index contributed by atoms with van der Waals surface area (Å²) in [6.45, 7) is 4.00. The van der Waals surface area contributed by atoms with E-state index < -0.39 is 0 Å². The highest BCUT2D eigenvalue weighted by Crippen LogP contribution is 2.16. The van der Waals surface area contributed by atoms with Crippen LogP contribution in [0, 0.1) is 0 Å². The third-order valence-electron chi connectivity index (χ3n) is 3.09. The summed E-state index contributed by atoms with van der Waals surface area (Å²) < 4.78 is 0. The Morgan fingerprint density at radius 2 is 1.67 bits per heavy atom. The molecule has 0 fully saturated rings. The van der Waals surface area contributed by atoms with E-state index >= 15 is 0 Å². The van der Waals surface area contributed by atoms with Gasteiger partial charge in [0.15, 0.2) is 0 Å². The van der Waals surface area contributed by atoms with Crippen LogP contribution in [0.25, 0.3) is 0 Å². The van der Waals surface area contributed by atoms with E-state index in [0.717, 1.165) is 23.7 Å². The van der Waals surface area contributed by atoms with Gasteiger partial charge in [0, 0.05) is 18.1 Å². The van der Waals surface area contributed by atoms with Crippen LogP contribution in [-0.4, -0.2) is 6.54 Å². The first kappa shape index (κ1) is 13.1. The Hall–Kier alpha value is -1.31. The number of hydrogen-bond donors (Lipinski definition) is 1. The molecule has 0 unspecified atom stereocenters. The van der Waals surface area contributed by atoms with Gasteiger partial charge in [0.25, 0.3) is 0 Å². The van der Waals surface area contributed by atoms with E-state index in [1.165, 1.54) is 5.56 Å². The Morgan fingerprint density at radius 3 is 2.39 bits per heavy atom. The number of nitrogens with one attached hydrogen (secondary N) is 1. The van der Waals surface area contributed by atoms with Crippen molar-refractivity contribution in [3.63, 3.8) is 0 Å². The van der Waals surface area contributed by atoms with Gasteiger partial charge >= 0.3 is 0 Å². The smallest absolute Gasteiger partial charge is 0.0450 e. The van der Waals surface area contributed by atoms with Crippen molar-refractivity contribution in [2.24, 2.45) is 0 Å². The molecule has 2 heteroatoms. The molecule has 0 aliphatic carbocycles. The van der Waals surface area contributed by atoms with Crippen molar-refractivity contribution in [2.45, 2.75) is 19.4 Å². The molecule has 94 valence electrons. The lowest BCUT2D eigenvalue weighted by atomic mass is 10.0. The molecule has 2 rings (SSSR count). The van der Waals surface area contributed by atoms with Crippen LogP contribution >= 0.6 is 11.6 Å². The van der Waals surface area contributed by atoms with Crippen LogP contribution in [0.15, 0.2) is 54.6 Å². The number of hydrogen-bond acceptors (Lipinski definition) is 1. The maximum Gasteiger partial charge on any atom is 0.0450 e. The highest BCUT2D eigenvalue weighted by molar-refractivity contribution is 6.31. The minimum atomic E-state index is 0.508. The fourth-order valence-corrected chi connectivity index (χ4v) is 2.17. The summed E-state index contributed by atoms with van der Waals surface area (Å²) in [6.07, 6.45) is 0. The van der Waals surface area contributed by atoms with Crippen molar-refractivity contribution in [1.29, 1.82) is 0 Å². The second-order valence-corrected chi connectivity index (χ2v) is 4.94. The Morgan fingerprint density at radius 1 is 1.00 bits per heavy atom. The van der Waals surface area contributed by atoms with Crippen molar-refractivity contribution < 1.29 is 0 Å². The van der Waals surface area contributed by atoms with E-state index in [1.807, 2.05) is 24.3 Å². The summed E-state index contributed by atoms with van der Waals surface area (Å²) >= 11 is 6.12. The summed E-state index contributed by atoms with van der Waals surface area (Å²) in [4.78, 5) is 0. The summed E-state index contributed by atoms with van der Waals surface area (Å²) in [7, 11) is 0. The lowest BCUT2D eigenvalue weighted by Gasteiger charge is -2.13. The summed E-state index contributed by atoms with van der Waals surface area (Å²) in [5, 5.41) is 4.29. The molecular formula is C16H18ClN. The van der Waals surface area contributed by atoms with Crippen molar-refractivity contribution in [1.82, 2.24) is 5.32 Å². The predicted molar refractivity (Wildman–Crippen MR) is 78.0 cm³/mol. The number of halogens is 1. The highest BCUT2D eigenvalue weighted by Gasteiger charge is 2.04. The predicted octanol–water partition coefficient (Wildman–Crippen LogP) is 4.23. The molecule has 0 amide bonds. The molecule has 18 heavy (non-hydrogen) atoms. The topological polar surface area (TPSA) is 12.0 Å². The second-order valence-electron chi connectivity index (χ2n) is 4.53. The minimum Gasteiger partial charge on any atom is -0.312 e. The lowest BCUT2D eigenvalue weighted by Crippen LogP contribution is -2.19. The molecule has 0 saturated carbocycles. The molecular weight excluding hydrogens is 242 g/mol. The molecule has 2 aromatic carbocycles. The van der Waals surface area contributed by atoms with Gasteiger partial charge in [-0.05, 0) is 23.1 Å². The molecule has 0 radical (unpaired) electrons. The van der Waals surface area contributed by atoms with E-state index in [9.17, 15) is 0 Å². The number of benzene rings is 2. The first-order valence-corrected chi connectivity index (χ1v) is 6.64. The van der Waals surface area contributed by atoms with Gasteiger partial charge in [-0.25, -0.2) is 0 Å². The Kier molecular flexibility index (Phi) is 4.80. The third kappa shape index (κ3) is 3.59. The summed E-state index contributed by atoms with van der Waals surface area (Å²) in [5.41, 5.74) is 2.52. The van der Waals surface area contributed by atoms with Crippen molar-refractivity contribution in [2.75, 3.05) is 6.54 Å². The first-order chi connectivity index (χ1) is 8.77.